The van der Waals surface area contributed by atoms with Crippen LogP contribution in [0.1, 0.15) is 49.0 Å². The van der Waals surface area contributed by atoms with E-state index in [-0.39, 0.29) is 41.5 Å². The molecule has 2 aromatic carbocycles. The van der Waals surface area contributed by atoms with Crippen LogP contribution in [-0.4, -0.2) is 53.4 Å². The highest BCUT2D eigenvalue weighted by atomic mass is 35.5. The zero-order chi connectivity index (χ0) is 29.7. The second kappa shape index (κ2) is 16.7. The molecule has 0 aliphatic heterocycles. The van der Waals surface area contributed by atoms with Gasteiger partial charge in [-0.05, 0) is 55.4 Å². The van der Waals surface area contributed by atoms with Crippen LogP contribution in [0.25, 0.3) is 0 Å². The monoisotopic (exact) mass is 586 g/mol. The summed E-state index contributed by atoms with van der Waals surface area (Å²) in [5.74, 6) is -2.70. The molecular weight excluding hydrogens is 554 g/mol. The van der Waals surface area contributed by atoms with Crippen molar-refractivity contribution in [3.63, 3.8) is 0 Å². The number of nitriles is 1. The average Bonchev–Trinajstić information content (AvgIpc) is 2.91. The summed E-state index contributed by atoms with van der Waals surface area (Å²) in [6.45, 7) is 3.98. The number of halogens is 2. The molecule has 0 bridgehead atoms. The molecule has 212 valence electrons. The summed E-state index contributed by atoms with van der Waals surface area (Å²) in [6.07, 6.45) is 2.79. The molecule has 40 heavy (non-hydrogen) atoms. The lowest BCUT2D eigenvalue weighted by Crippen LogP contribution is -2.54. The van der Waals surface area contributed by atoms with E-state index in [1.54, 1.807) is 30.3 Å². The zero-order valence-electron chi connectivity index (χ0n) is 22.4. The number of unbranched alkanes of at least 4 members (excludes halogenated alkanes) is 1. The van der Waals surface area contributed by atoms with Gasteiger partial charge in [0.05, 0.1) is 16.5 Å². The molecular formula is C28H33BCl2N4O5. The molecule has 0 heterocycles. The normalized spacial score (nSPS) is 12.7. The Hall–Kier alpha value is -3.36. The number of carbonyl (C=O) groups is 3. The molecule has 0 aliphatic carbocycles. The SMILES string of the molecule is CC(C)C=C(C#N)C(=O)NCCCC[C@H](NC(=O)c1cc(Cl)ccc1Cl)C(=O)N[C@@H](Cc1ccccc1)B(O)O. The molecule has 0 unspecified atom stereocenters. The van der Waals surface area contributed by atoms with E-state index in [0.29, 0.717) is 17.9 Å². The van der Waals surface area contributed by atoms with E-state index in [4.69, 9.17) is 23.2 Å². The highest BCUT2D eigenvalue weighted by molar-refractivity contribution is 6.43. The van der Waals surface area contributed by atoms with Crippen LogP contribution in [0.15, 0.2) is 60.2 Å². The van der Waals surface area contributed by atoms with E-state index in [0.717, 1.165) is 5.56 Å². The van der Waals surface area contributed by atoms with Gasteiger partial charge in [-0.2, -0.15) is 5.26 Å². The summed E-state index contributed by atoms with van der Waals surface area (Å²) in [6, 6.07) is 14.2. The molecule has 3 amide bonds. The van der Waals surface area contributed by atoms with Crippen LogP contribution in [0, 0.1) is 17.2 Å². The van der Waals surface area contributed by atoms with Crippen molar-refractivity contribution in [2.75, 3.05) is 6.54 Å². The van der Waals surface area contributed by atoms with Gasteiger partial charge in [0.1, 0.15) is 17.7 Å². The lowest BCUT2D eigenvalue weighted by Gasteiger charge is -2.23. The third-order valence-electron chi connectivity index (χ3n) is 5.85. The number of hydrogen-bond acceptors (Lipinski definition) is 6. The molecule has 5 N–H and O–H groups in total. The Morgan fingerprint density at radius 2 is 1.75 bits per heavy atom. The molecule has 0 aliphatic rings. The van der Waals surface area contributed by atoms with E-state index in [2.05, 4.69) is 16.0 Å². The third-order valence-corrected chi connectivity index (χ3v) is 6.42. The van der Waals surface area contributed by atoms with E-state index >= 15 is 0 Å². The fourth-order valence-electron chi connectivity index (χ4n) is 3.83. The lowest BCUT2D eigenvalue weighted by atomic mass is 9.75. The van der Waals surface area contributed by atoms with Gasteiger partial charge in [0.2, 0.25) is 5.91 Å². The number of nitrogens with zero attached hydrogens (tertiary/aromatic N) is 1. The van der Waals surface area contributed by atoms with Crippen LogP contribution in [0.5, 0.6) is 0 Å². The Labute approximate surface area is 244 Å². The molecule has 2 rings (SSSR count). The lowest BCUT2D eigenvalue weighted by molar-refractivity contribution is -0.123. The number of nitrogens with one attached hydrogen (secondary N) is 3. The second-order valence-corrected chi connectivity index (χ2v) is 10.4. The quantitative estimate of drug-likeness (QED) is 0.0992. The fraction of sp³-hybridized carbons (Fsp3) is 0.357. The summed E-state index contributed by atoms with van der Waals surface area (Å²) < 4.78 is 0. The molecule has 0 fully saturated rings. The molecule has 0 radical (unpaired) electrons. The average molecular weight is 587 g/mol. The Morgan fingerprint density at radius 3 is 2.38 bits per heavy atom. The van der Waals surface area contributed by atoms with Gasteiger partial charge in [-0.1, -0.05) is 73.5 Å². The maximum atomic E-state index is 13.2. The maximum Gasteiger partial charge on any atom is 0.475 e. The molecule has 0 saturated heterocycles. The van der Waals surface area contributed by atoms with Crippen LogP contribution < -0.4 is 16.0 Å². The van der Waals surface area contributed by atoms with Crippen LogP contribution >= 0.6 is 23.2 Å². The van der Waals surface area contributed by atoms with Crippen molar-refractivity contribution in [3.05, 3.63) is 81.4 Å². The first-order valence-corrected chi connectivity index (χ1v) is 13.6. The predicted molar refractivity (Wildman–Crippen MR) is 155 cm³/mol. The number of allylic oxidation sites excluding steroid dienone is 1. The summed E-state index contributed by atoms with van der Waals surface area (Å²) in [5.41, 5.74) is 0.902. The molecule has 0 saturated carbocycles. The minimum absolute atomic E-state index is 0.0323. The number of rotatable bonds is 14. The topological polar surface area (TPSA) is 152 Å². The van der Waals surface area contributed by atoms with E-state index in [9.17, 15) is 29.7 Å². The molecule has 9 nitrogen and oxygen atoms in total. The van der Waals surface area contributed by atoms with Gasteiger partial charge >= 0.3 is 7.12 Å². The Kier molecular flexibility index (Phi) is 13.7. The van der Waals surface area contributed by atoms with Crippen LogP contribution in [0.4, 0.5) is 0 Å². The summed E-state index contributed by atoms with van der Waals surface area (Å²) in [7, 11) is -1.84. The van der Waals surface area contributed by atoms with Crippen molar-refractivity contribution >= 4 is 48.0 Å². The smallest absolute Gasteiger partial charge is 0.426 e. The van der Waals surface area contributed by atoms with Gasteiger partial charge in [-0.25, -0.2) is 0 Å². The Morgan fingerprint density at radius 1 is 1.05 bits per heavy atom. The van der Waals surface area contributed by atoms with Crippen molar-refractivity contribution < 1.29 is 24.4 Å². The van der Waals surface area contributed by atoms with E-state index < -0.39 is 36.8 Å². The largest absolute Gasteiger partial charge is 0.475 e. The van der Waals surface area contributed by atoms with Gasteiger partial charge in [-0.15, -0.1) is 0 Å². The van der Waals surface area contributed by atoms with Gasteiger partial charge in [0.25, 0.3) is 11.8 Å². The number of hydrogen-bond donors (Lipinski definition) is 5. The van der Waals surface area contributed by atoms with Gasteiger partial charge in [0.15, 0.2) is 0 Å². The van der Waals surface area contributed by atoms with Crippen LogP contribution in [0.2, 0.25) is 10.0 Å². The van der Waals surface area contributed by atoms with Crippen molar-refractivity contribution in [1.29, 1.82) is 5.26 Å². The minimum atomic E-state index is -1.84. The first kappa shape index (κ1) is 32.9. The maximum absolute atomic E-state index is 13.2. The van der Waals surface area contributed by atoms with Crippen molar-refractivity contribution in [2.45, 2.75) is 51.5 Å². The number of carbonyl (C=O) groups excluding carboxylic acids is 3. The molecule has 2 atom stereocenters. The first-order chi connectivity index (χ1) is 19.0. The molecule has 2 aromatic rings. The highest BCUT2D eigenvalue weighted by Crippen LogP contribution is 2.21. The third kappa shape index (κ3) is 11.0. The number of amides is 3. The minimum Gasteiger partial charge on any atom is -0.426 e. The zero-order valence-corrected chi connectivity index (χ0v) is 23.9. The van der Waals surface area contributed by atoms with E-state index in [1.807, 2.05) is 26.0 Å². The first-order valence-electron chi connectivity index (χ1n) is 12.9. The Balaban J connectivity index is 2.09. The molecule has 0 spiro atoms. The van der Waals surface area contributed by atoms with Gasteiger partial charge in [0, 0.05) is 11.6 Å². The summed E-state index contributed by atoms with van der Waals surface area (Å²) in [5, 5.41) is 37.4. The predicted octanol–water partition coefficient (Wildman–Crippen LogP) is 3.22. The fourth-order valence-corrected chi connectivity index (χ4v) is 4.20. The van der Waals surface area contributed by atoms with Gasteiger partial charge in [-0.3, -0.25) is 14.4 Å². The van der Waals surface area contributed by atoms with E-state index in [1.165, 1.54) is 18.2 Å². The summed E-state index contributed by atoms with van der Waals surface area (Å²) in [4.78, 5) is 38.5. The molecule has 0 aromatic heterocycles. The van der Waals surface area contributed by atoms with Crippen molar-refractivity contribution in [1.82, 2.24) is 16.0 Å². The molecule has 12 heteroatoms. The second-order valence-electron chi connectivity index (χ2n) is 9.56. The van der Waals surface area contributed by atoms with Crippen LogP contribution in [-0.2, 0) is 16.0 Å². The van der Waals surface area contributed by atoms with Crippen LogP contribution in [0.3, 0.4) is 0 Å². The number of benzene rings is 2. The van der Waals surface area contributed by atoms with Gasteiger partial charge < -0.3 is 26.0 Å². The summed E-state index contributed by atoms with van der Waals surface area (Å²) >= 11 is 12.2. The van der Waals surface area contributed by atoms with Crippen molar-refractivity contribution in [2.24, 2.45) is 5.92 Å². The van der Waals surface area contributed by atoms with Crippen molar-refractivity contribution in [3.8, 4) is 6.07 Å². The highest BCUT2D eigenvalue weighted by Gasteiger charge is 2.30. The Bertz CT molecular complexity index is 1230. The standard InChI is InChI=1S/C28H33BCl2N4O5/c1-18(2)14-20(17-32)26(36)33-13-7-6-10-24(34-27(37)22-16-21(30)11-12-23(22)31)28(38)35-25(29(39)40)15-19-8-4-3-5-9-19/h3-5,8-9,11-12,14,16,18,24-25,39-40H,6-7,10,13,15H2,1-2H3,(H,33,36)(H,34,37)(H,35,38)/t24-,25-/m0/s1.